The first-order chi connectivity index (χ1) is 17.6. The van der Waals surface area contributed by atoms with Gasteiger partial charge in [0.15, 0.2) is 0 Å². The summed E-state index contributed by atoms with van der Waals surface area (Å²) < 4.78 is 21.5. The SMILES string of the molecule is COP(=O)(c1ccc(C)cc1)N(c1cc(-c2ccc(NC(=O)C3=CCC=N3)cc2)sc1C(=O)O)C(C)C. The van der Waals surface area contributed by atoms with Gasteiger partial charge in [0, 0.05) is 36.4 Å². The molecule has 0 fully saturated rings. The van der Waals surface area contributed by atoms with Crippen molar-refractivity contribution >= 4 is 53.6 Å². The number of amides is 1. The van der Waals surface area contributed by atoms with Crippen molar-refractivity contribution in [2.24, 2.45) is 4.99 Å². The van der Waals surface area contributed by atoms with Gasteiger partial charge in [0.05, 0.1) is 11.0 Å². The number of aryl methyl sites for hydroxylation is 1. The van der Waals surface area contributed by atoms with Gasteiger partial charge in [-0.15, -0.1) is 11.3 Å². The number of nitrogens with one attached hydrogen (secondary N) is 1. The Morgan fingerprint density at radius 1 is 1.14 bits per heavy atom. The van der Waals surface area contributed by atoms with E-state index in [9.17, 15) is 19.3 Å². The third kappa shape index (κ3) is 5.44. The van der Waals surface area contributed by atoms with Crippen molar-refractivity contribution in [3.8, 4) is 10.4 Å². The van der Waals surface area contributed by atoms with Crippen molar-refractivity contribution in [3.05, 3.63) is 76.8 Å². The summed E-state index contributed by atoms with van der Waals surface area (Å²) in [5, 5.41) is 13.3. The first-order valence-corrected chi connectivity index (χ1v) is 14.1. The van der Waals surface area contributed by atoms with Crippen LogP contribution in [0, 0.1) is 6.92 Å². The van der Waals surface area contributed by atoms with E-state index in [4.69, 9.17) is 4.52 Å². The molecule has 1 aliphatic heterocycles. The maximum Gasteiger partial charge on any atom is 0.348 e. The predicted molar refractivity (Wildman–Crippen MR) is 150 cm³/mol. The Balaban J connectivity index is 1.70. The van der Waals surface area contributed by atoms with Crippen LogP contribution in [0.2, 0.25) is 0 Å². The number of carbonyl (C=O) groups excluding carboxylic acids is 1. The number of aromatic carboxylic acids is 1. The molecule has 2 aromatic carbocycles. The minimum Gasteiger partial charge on any atom is -0.477 e. The number of carboxylic acids is 1. The minimum absolute atomic E-state index is 0.0662. The molecular formula is C27H28N3O5PS. The third-order valence-electron chi connectivity index (χ3n) is 5.84. The molecule has 1 atom stereocenters. The van der Waals surface area contributed by atoms with Gasteiger partial charge in [0.2, 0.25) is 0 Å². The van der Waals surface area contributed by atoms with E-state index >= 15 is 0 Å². The zero-order valence-electron chi connectivity index (χ0n) is 21.0. The summed E-state index contributed by atoms with van der Waals surface area (Å²) in [6, 6.07) is 15.7. The van der Waals surface area contributed by atoms with Crippen LogP contribution in [-0.2, 0) is 13.9 Å². The molecule has 37 heavy (non-hydrogen) atoms. The second-order valence-corrected chi connectivity index (χ2v) is 12.2. The Labute approximate surface area is 219 Å². The molecule has 4 rings (SSSR count). The van der Waals surface area contributed by atoms with Crippen LogP contribution in [0.1, 0.15) is 35.5 Å². The van der Waals surface area contributed by atoms with E-state index in [1.165, 1.54) is 7.11 Å². The fraction of sp³-hybridized carbons (Fsp3) is 0.222. The summed E-state index contributed by atoms with van der Waals surface area (Å²) in [4.78, 5) is 29.4. The van der Waals surface area contributed by atoms with Gasteiger partial charge < -0.3 is 14.9 Å². The second-order valence-electron chi connectivity index (χ2n) is 8.78. The molecule has 1 unspecified atom stereocenters. The fourth-order valence-electron chi connectivity index (χ4n) is 4.05. The van der Waals surface area contributed by atoms with E-state index < -0.39 is 13.5 Å². The molecule has 8 nitrogen and oxygen atoms in total. The average Bonchev–Trinajstić information content (AvgIpc) is 3.56. The van der Waals surface area contributed by atoms with Crippen LogP contribution < -0.4 is 15.3 Å². The lowest BCUT2D eigenvalue weighted by molar-refractivity contribution is -0.112. The molecule has 0 saturated carbocycles. The van der Waals surface area contributed by atoms with Gasteiger partial charge in [0.25, 0.3) is 5.91 Å². The highest BCUT2D eigenvalue weighted by atomic mass is 32.1. The summed E-state index contributed by atoms with van der Waals surface area (Å²) in [6.07, 6.45) is 4.07. The van der Waals surface area contributed by atoms with Gasteiger partial charge in [-0.2, -0.15) is 0 Å². The molecule has 0 aliphatic carbocycles. The minimum atomic E-state index is -3.63. The largest absolute Gasteiger partial charge is 0.477 e. The van der Waals surface area contributed by atoms with E-state index in [0.717, 1.165) is 22.5 Å². The van der Waals surface area contributed by atoms with Crippen LogP contribution in [-0.4, -0.2) is 36.3 Å². The molecule has 10 heteroatoms. The second kappa shape index (κ2) is 10.8. The number of rotatable bonds is 9. The molecule has 3 aromatic rings. The Bertz CT molecular complexity index is 1430. The lowest BCUT2D eigenvalue weighted by atomic mass is 10.1. The Morgan fingerprint density at radius 3 is 2.35 bits per heavy atom. The lowest BCUT2D eigenvalue weighted by Gasteiger charge is -2.35. The number of benzene rings is 2. The summed E-state index contributed by atoms with van der Waals surface area (Å²) in [6.45, 7) is 5.64. The van der Waals surface area contributed by atoms with Gasteiger partial charge in [0.1, 0.15) is 10.6 Å². The standard InChI is InChI=1S/C27H28N3O5PS/c1-17(2)30(36(34,35-4)21-13-7-18(3)8-14-21)23-16-24(37-25(23)27(32)33)19-9-11-20(12-10-19)29-26(31)22-6-5-15-28-22/h6-17H,5H2,1-4H3,(H,29,31)(H,32,33). The first-order valence-electron chi connectivity index (χ1n) is 11.7. The van der Waals surface area contributed by atoms with Crippen molar-refractivity contribution in [2.45, 2.75) is 33.2 Å². The number of nitrogens with zero attached hydrogens (tertiary/aromatic N) is 2. The molecule has 1 aliphatic rings. The van der Waals surface area contributed by atoms with E-state index in [0.29, 0.717) is 33.7 Å². The van der Waals surface area contributed by atoms with Gasteiger partial charge in [-0.05, 0) is 62.7 Å². The Morgan fingerprint density at radius 2 is 1.81 bits per heavy atom. The van der Waals surface area contributed by atoms with E-state index in [2.05, 4.69) is 10.3 Å². The maximum atomic E-state index is 14.3. The normalized spacial score (nSPS) is 14.4. The van der Waals surface area contributed by atoms with E-state index in [1.54, 1.807) is 59.4 Å². The first kappa shape index (κ1) is 26.5. The summed E-state index contributed by atoms with van der Waals surface area (Å²) in [5.41, 5.74) is 3.08. The van der Waals surface area contributed by atoms with Crippen molar-refractivity contribution in [1.29, 1.82) is 0 Å². The molecule has 2 heterocycles. The highest BCUT2D eigenvalue weighted by molar-refractivity contribution is 7.68. The molecule has 0 saturated heterocycles. The Hall–Kier alpha value is -3.52. The number of allylic oxidation sites excluding steroid dienone is 1. The number of anilines is 2. The topological polar surface area (TPSA) is 108 Å². The molecule has 0 spiro atoms. The molecular weight excluding hydrogens is 509 g/mol. The van der Waals surface area contributed by atoms with Crippen molar-refractivity contribution in [3.63, 3.8) is 0 Å². The van der Waals surface area contributed by atoms with Crippen molar-refractivity contribution in [2.75, 3.05) is 17.1 Å². The Kier molecular flexibility index (Phi) is 7.78. The fourth-order valence-corrected chi connectivity index (χ4v) is 7.33. The highest BCUT2D eigenvalue weighted by Gasteiger charge is 2.38. The smallest absolute Gasteiger partial charge is 0.348 e. The third-order valence-corrected chi connectivity index (χ3v) is 9.69. The van der Waals surface area contributed by atoms with Crippen LogP contribution >= 0.6 is 18.9 Å². The number of hydrogen-bond donors (Lipinski definition) is 2. The van der Waals surface area contributed by atoms with Crippen molar-refractivity contribution in [1.82, 2.24) is 0 Å². The molecule has 192 valence electrons. The quantitative estimate of drug-likeness (QED) is 0.320. The highest BCUT2D eigenvalue weighted by Crippen LogP contribution is 2.55. The van der Waals surface area contributed by atoms with Crippen LogP contribution in [0.5, 0.6) is 0 Å². The number of carbonyl (C=O) groups is 2. The molecule has 1 aromatic heterocycles. The number of hydrogen-bond acceptors (Lipinski definition) is 6. The predicted octanol–water partition coefficient (Wildman–Crippen LogP) is 6.10. The number of thiophene rings is 1. The zero-order chi connectivity index (χ0) is 26.7. The van der Waals surface area contributed by atoms with Gasteiger partial charge in [-0.3, -0.25) is 19.0 Å². The van der Waals surface area contributed by atoms with Crippen LogP contribution in [0.3, 0.4) is 0 Å². The maximum absolute atomic E-state index is 14.3. The number of carboxylic acid groups (broad SMARTS) is 1. The number of aliphatic imine (C=N–C) groups is 1. The molecule has 0 bridgehead atoms. The van der Waals surface area contributed by atoms with Crippen LogP contribution in [0.15, 0.2) is 71.4 Å². The van der Waals surface area contributed by atoms with Crippen molar-refractivity contribution < 1.29 is 23.8 Å². The van der Waals surface area contributed by atoms with Gasteiger partial charge in [-0.25, -0.2) is 4.79 Å². The average molecular weight is 538 g/mol. The molecule has 0 radical (unpaired) electrons. The zero-order valence-corrected chi connectivity index (χ0v) is 22.7. The summed E-state index contributed by atoms with van der Waals surface area (Å²) in [5.74, 6) is -1.40. The van der Waals surface area contributed by atoms with Crippen LogP contribution in [0.25, 0.3) is 10.4 Å². The van der Waals surface area contributed by atoms with E-state index in [1.807, 2.05) is 32.9 Å². The molecule has 2 N–H and O–H groups in total. The lowest BCUT2D eigenvalue weighted by Crippen LogP contribution is -2.33. The molecule has 1 amide bonds. The van der Waals surface area contributed by atoms with Crippen LogP contribution in [0.4, 0.5) is 11.4 Å². The van der Waals surface area contributed by atoms with E-state index in [-0.39, 0.29) is 16.8 Å². The van der Waals surface area contributed by atoms with Gasteiger partial charge >= 0.3 is 13.5 Å². The monoisotopic (exact) mass is 537 g/mol. The van der Waals surface area contributed by atoms with Gasteiger partial charge in [-0.1, -0.05) is 29.8 Å². The summed E-state index contributed by atoms with van der Waals surface area (Å²) in [7, 11) is -2.25. The summed E-state index contributed by atoms with van der Waals surface area (Å²) >= 11 is 1.10.